The van der Waals surface area contributed by atoms with Gasteiger partial charge in [-0.15, -0.1) is 0 Å². The van der Waals surface area contributed by atoms with E-state index in [0.29, 0.717) is 24.4 Å². The van der Waals surface area contributed by atoms with Gasteiger partial charge in [0.05, 0.1) is 25.2 Å². The van der Waals surface area contributed by atoms with E-state index in [4.69, 9.17) is 10.5 Å². The number of imidazole rings is 1. The van der Waals surface area contributed by atoms with Crippen LogP contribution in [-0.4, -0.2) is 45.9 Å². The lowest BCUT2D eigenvalue weighted by molar-refractivity contribution is 0.251. The Bertz CT molecular complexity index is 1160. The molecule has 1 aliphatic rings. The SMILES string of the molecule is COc1cccc(-c2cnc(N)nc2[C@H]2CCCCN2S(=O)(=O)c2cn(C)cn2)c1. The third kappa shape index (κ3) is 3.75. The highest BCUT2D eigenvalue weighted by molar-refractivity contribution is 7.89. The Hall–Kier alpha value is -2.98. The second-order valence-corrected chi connectivity index (χ2v) is 9.10. The maximum Gasteiger partial charge on any atom is 0.262 e. The van der Waals surface area contributed by atoms with Crippen LogP contribution in [0.2, 0.25) is 0 Å². The van der Waals surface area contributed by atoms with E-state index in [2.05, 4.69) is 15.0 Å². The number of nitrogens with zero attached hydrogens (tertiary/aromatic N) is 5. The van der Waals surface area contributed by atoms with Crippen molar-refractivity contribution < 1.29 is 13.2 Å². The summed E-state index contributed by atoms with van der Waals surface area (Å²) in [6, 6.07) is 7.05. The molecule has 3 aromatic rings. The van der Waals surface area contributed by atoms with Gasteiger partial charge in [0.2, 0.25) is 5.95 Å². The van der Waals surface area contributed by atoms with E-state index in [9.17, 15) is 8.42 Å². The van der Waals surface area contributed by atoms with Crippen molar-refractivity contribution in [2.75, 3.05) is 19.4 Å². The van der Waals surface area contributed by atoms with Crippen molar-refractivity contribution in [3.63, 3.8) is 0 Å². The molecule has 10 heteroatoms. The van der Waals surface area contributed by atoms with Crippen molar-refractivity contribution in [1.82, 2.24) is 23.8 Å². The fraction of sp³-hybridized carbons (Fsp3) is 0.350. The summed E-state index contributed by atoms with van der Waals surface area (Å²) in [5, 5.41) is 0.0295. The minimum Gasteiger partial charge on any atom is -0.497 e. The van der Waals surface area contributed by atoms with Crippen molar-refractivity contribution in [2.24, 2.45) is 7.05 Å². The molecule has 1 saturated heterocycles. The Kier molecular flexibility index (Phi) is 5.44. The minimum absolute atomic E-state index is 0.0295. The average molecular weight is 429 g/mol. The highest BCUT2D eigenvalue weighted by Gasteiger charge is 2.37. The molecule has 2 N–H and O–H groups in total. The van der Waals surface area contributed by atoms with Crippen molar-refractivity contribution in [3.8, 4) is 16.9 Å². The molecular weight excluding hydrogens is 404 g/mol. The Morgan fingerprint density at radius 1 is 1.23 bits per heavy atom. The normalized spacial score (nSPS) is 17.7. The number of anilines is 1. The van der Waals surface area contributed by atoms with Gasteiger partial charge in [-0.05, 0) is 30.5 Å². The van der Waals surface area contributed by atoms with Crippen molar-refractivity contribution >= 4 is 16.0 Å². The molecule has 0 aliphatic carbocycles. The van der Waals surface area contributed by atoms with E-state index in [1.54, 1.807) is 24.9 Å². The van der Waals surface area contributed by atoms with Crippen LogP contribution < -0.4 is 10.5 Å². The van der Waals surface area contributed by atoms with Crippen LogP contribution in [0.5, 0.6) is 5.75 Å². The summed E-state index contributed by atoms with van der Waals surface area (Å²) in [7, 11) is -0.447. The molecule has 0 bridgehead atoms. The molecule has 9 nitrogen and oxygen atoms in total. The molecule has 158 valence electrons. The molecule has 1 aromatic carbocycles. The number of hydrogen-bond acceptors (Lipinski definition) is 7. The van der Waals surface area contributed by atoms with Crippen molar-refractivity contribution in [2.45, 2.75) is 30.3 Å². The molecule has 30 heavy (non-hydrogen) atoms. The number of benzene rings is 1. The molecule has 0 amide bonds. The van der Waals surface area contributed by atoms with Gasteiger partial charge in [0.25, 0.3) is 10.0 Å². The first-order valence-electron chi connectivity index (χ1n) is 9.67. The van der Waals surface area contributed by atoms with E-state index in [0.717, 1.165) is 24.0 Å². The van der Waals surface area contributed by atoms with Crippen molar-refractivity contribution in [1.29, 1.82) is 0 Å². The summed E-state index contributed by atoms with van der Waals surface area (Å²) in [6.45, 7) is 0.394. The number of piperidine rings is 1. The number of hydrogen-bond donors (Lipinski definition) is 1. The van der Waals surface area contributed by atoms with Crippen LogP contribution in [-0.2, 0) is 17.1 Å². The predicted molar refractivity (Wildman–Crippen MR) is 112 cm³/mol. The molecule has 2 aromatic heterocycles. The van der Waals surface area contributed by atoms with Gasteiger partial charge in [-0.25, -0.2) is 23.4 Å². The number of ether oxygens (including phenoxy) is 1. The molecule has 0 spiro atoms. The van der Waals surface area contributed by atoms with Crippen LogP contribution in [0.15, 0.2) is 48.0 Å². The van der Waals surface area contributed by atoms with Gasteiger partial charge < -0.3 is 15.0 Å². The molecular formula is C20H24N6O3S. The third-order valence-corrected chi connectivity index (χ3v) is 7.04. The van der Waals surface area contributed by atoms with Gasteiger partial charge >= 0.3 is 0 Å². The highest BCUT2D eigenvalue weighted by atomic mass is 32.2. The molecule has 3 heterocycles. The average Bonchev–Trinajstić information content (AvgIpc) is 3.21. The second-order valence-electron chi connectivity index (χ2n) is 7.26. The van der Waals surface area contributed by atoms with Gasteiger partial charge in [-0.1, -0.05) is 18.6 Å². The number of sulfonamides is 1. The van der Waals surface area contributed by atoms with Crippen LogP contribution >= 0.6 is 0 Å². The lowest BCUT2D eigenvalue weighted by Gasteiger charge is -2.34. The Morgan fingerprint density at radius 3 is 2.80 bits per heavy atom. The van der Waals surface area contributed by atoms with Crippen LogP contribution in [0.1, 0.15) is 31.0 Å². The predicted octanol–water partition coefficient (Wildman–Crippen LogP) is 2.38. The van der Waals surface area contributed by atoms with E-state index < -0.39 is 16.1 Å². The number of nitrogen functional groups attached to an aromatic ring is 1. The molecule has 0 radical (unpaired) electrons. The van der Waals surface area contributed by atoms with Crippen molar-refractivity contribution in [3.05, 3.63) is 48.7 Å². The smallest absolute Gasteiger partial charge is 0.262 e. The van der Waals surface area contributed by atoms with Crippen LogP contribution in [0.4, 0.5) is 5.95 Å². The first-order chi connectivity index (χ1) is 14.4. The Morgan fingerprint density at radius 2 is 2.07 bits per heavy atom. The van der Waals surface area contributed by atoms with Crippen LogP contribution in [0, 0.1) is 0 Å². The minimum atomic E-state index is -3.79. The molecule has 0 saturated carbocycles. The number of rotatable bonds is 5. The van der Waals surface area contributed by atoms with Gasteiger partial charge in [-0.3, -0.25) is 0 Å². The first kappa shape index (κ1) is 20.3. The number of nitrogens with two attached hydrogens (primary N) is 1. The van der Waals surface area contributed by atoms with Crippen LogP contribution in [0.25, 0.3) is 11.1 Å². The molecule has 1 fully saturated rings. The molecule has 1 atom stereocenters. The van der Waals surface area contributed by atoms with E-state index >= 15 is 0 Å². The monoisotopic (exact) mass is 428 g/mol. The summed E-state index contributed by atoms with van der Waals surface area (Å²) in [6.07, 6.45) is 6.94. The fourth-order valence-corrected chi connectivity index (χ4v) is 5.41. The summed E-state index contributed by atoms with van der Waals surface area (Å²) in [4.78, 5) is 12.7. The summed E-state index contributed by atoms with van der Waals surface area (Å²) in [5.41, 5.74) is 8.07. The topological polar surface area (TPSA) is 116 Å². The largest absolute Gasteiger partial charge is 0.497 e. The van der Waals surface area contributed by atoms with E-state index in [-0.39, 0.29) is 11.0 Å². The van der Waals surface area contributed by atoms with Gasteiger partial charge in [0.15, 0.2) is 5.03 Å². The number of aryl methyl sites for hydroxylation is 1. The maximum atomic E-state index is 13.4. The number of methoxy groups -OCH3 is 1. The zero-order valence-corrected chi connectivity index (χ0v) is 17.7. The quantitative estimate of drug-likeness (QED) is 0.663. The standard InChI is InChI=1S/C20H24N6O3S/c1-25-12-18(23-13-25)30(27,28)26-9-4-3-8-17(26)19-16(11-22-20(21)24-19)14-6-5-7-15(10-14)29-2/h5-7,10-13,17H,3-4,8-9H2,1-2H3,(H2,21,22,24)/t17-/m1/s1. The lowest BCUT2D eigenvalue weighted by atomic mass is 9.95. The molecule has 1 aliphatic heterocycles. The van der Waals surface area contributed by atoms with E-state index in [1.807, 2.05) is 24.3 Å². The molecule has 4 rings (SSSR count). The van der Waals surface area contributed by atoms with Crippen LogP contribution in [0.3, 0.4) is 0 Å². The maximum absolute atomic E-state index is 13.4. The summed E-state index contributed by atoms with van der Waals surface area (Å²) >= 11 is 0. The Balaban J connectivity index is 1.82. The van der Waals surface area contributed by atoms with Gasteiger partial charge in [-0.2, -0.15) is 4.31 Å². The van der Waals surface area contributed by atoms with Gasteiger partial charge in [0, 0.05) is 31.5 Å². The third-order valence-electron chi connectivity index (χ3n) is 5.24. The first-order valence-corrected chi connectivity index (χ1v) is 11.1. The lowest BCUT2D eigenvalue weighted by Crippen LogP contribution is -2.39. The summed E-state index contributed by atoms with van der Waals surface area (Å²) < 4.78 is 35.2. The zero-order chi connectivity index (χ0) is 21.3. The number of aromatic nitrogens is 4. The zero-order valence-electron chi connectivity index (χ0n) is 16.9. The fourth-order valence-electron chi connectivity index (χ4n) is 3.78. The van der Waals surface area contributed by atoms with Gasteiger partial charge in [0.1, 0.15) is 5.75 Å². The molecule has 0 unspecified atom stereocenters. The second kappa shape index (κ2) is 8.04. The Labute approximate surface area is 175 Å². The highest BCUT2D eigenvalue weighted by Crippen LogP contribution is 2.39. The summed E-state index contributed by atoms with van der Waals surface area (Å²) in [5.74, 6) is 0.800. The van der Waals surface area contributed by atoms with E-state index in [1.165, 1.54) is 16.8 Å².